The van der Waals surface area contributed by atoms with E-state index in [0.717, 1.165) is 5.92 Å². The molecule has 0 heterocycles. The van der Waals surface area contributed by atoms with Gasteiger partial charge in [0.05, 0.1) is 0 Å². The maximum atomic E-state index is 3.60. The van der Waals surface area contributed by atoms with Crippen molar-refractivity contribution >= 4 is 5.57 Å². The summed E-state index contributed by atoms with van der Waals surface area (Å²) in [5.41, 5.74) is 6.26. The molecule has 2 rings (SSSR count). The van der Waals surface area contributed by atoms with E-state index in [2.05, 4.69) is 56.0 Å². The molecule has 0 atom stereocenters. The molecule has 1 aliphatic carbocycles. The molecule has 0 bridgehead atoms. The maximum Gasteiger partial charge on any atom is 0.00342 e. The normalized spacial score (nSPS) is 16.4. The van der Waals surface area contributed by atoms with Gasteiger partial charge in [0, 0.05) is 5.57 Å². The fraction of sp³-hybridized carbons (Fsp3) is 0.500. The van der Waals surface area contributed by atoms with E-state index in [1.54, 1.807) is 0 Å². The zero-order valence-electron chi connectivity index (χ0n) is 11.7. The van der Waals surface area contributed by atoms with Gasteiger partial charge in [-0.25, -0.2) is 0 Å². The monoisotopic (exact) mass is 240 g/mol. The first kappa shape index (κ1) is 13.2. The minimum Gasteiger partial charge on any atom is -0.121 e. The van der Waals surface area contributed by atoms with E-state index in [-0.39, 0.29) is 0 Å². The van der Waals surface area contributed by atoms with Crippen LogP contribution >= 0.6 is 0 Å². The summed E-state index contributed by atoms with van der Waals surface area (Å²) in [7, 11) is 0. The molecule has 1 aromatic carbocycles. The van der Waals surface area contributed by atoms with Gasteiger partial charge in [-0.15, -0.1) is 5.73 Å². The standard InChI is InChI=1S/C18H24/c1-15(2)18(17-11-7-4-8-12-17)14-13-16-9-5-3-6-10-16/h4,7-8,11-13,15-16H,3,5-6,9-10H2,1-2H3. The van der Waals surface area contributed by atoms with Crippen molar-refractivity contribution in [3.63, 3.8) is 0 Å². The Morgan fingerprint density at radius 1 is 1.11 bits per heavy atom. The number of allylic oxidation sites excluding steroid dienone is 1. The van der Waals surface area contributed by atoms with E-state index >= 15 is 0 Å². The van der Waals surface area contributed by atoms with Gasteiger partial charge >= 0.3 is 0 Å². The molecule has 0 aromatic heterocycles. The summed E-state index contributed by atoms with van der Waals surface area (Å²) in [5.74, 6) is 1.29. The van der Waals surface area contributed by atoms with Crippen molar-refractivity contribution in [3.8, 4) is 0 Å². The maximum absolute atomic E-state index is 3.60. The molecule has 0 unspecified atom stereocenters. The topological polar surface area (TPSA) is 0 Å². The second-order valence-corrected chi connectivity index (χ2v) is 5.64. The Morgan fingerprint density at radius 2 is 1.78 bits per heavy atom. The van der Waals surface area contributed by atoms with Crippen LogP contribution in [0.25, 0.3) is 5.57 Å². The molecule has 0 spiro atoms. The highest BCUT2D eigenvalue weighted by atomic mass is 14.2. The predicted octanol–water partition coefficient (Wildman–Crippen LogP) is 5.46. The molecule has 0 heteroatoms. The van der Waals surface area contributed by atoms with Gasteiger partial charge in [0.2, 0.25) is 0 Å². The fourth-order valence-electron chi connectivity index (χ4n) is 2.71. The van der Waals surface area contributed by atoms with Gasteiger partial charge in [-0.3, -0.25) is 0 Å². The van der Waals surface area contributed by atoms with Gasteiger partial charge in [0.15, 0.2) is 0 Å². The van der Waals surface area contributed by atoms with Gasteiger partial charge < -0.3 is 0 Å². The van der Waals surface area contributed by atoms with Crippen LogP contribution in [-0.2, 0) is 0 Å². The fourth-order valence-corrected chi connectivity index (χ4v) is 2.71. The van der Waals surface area contributed by atoms with Crippen LogP contribution in [-0.4, -0.2) is 0 Å². The van der Waals surface area contributed by atoms with E-state index in [0.29, 0.717) is 5.92 Å². The number of rotatable bonds is 3. The summed E-state index contributed by atoms with van der Waals surface area (Å²) < 4.78 is 0. The van der Waals surface area contributed by atoms with Crippen molar-refractivity contribution in [3.05, 3.63) is 47.7 Å². The first-order chi connectivity index (χ1) is 8.77. The van der Waals surface area contributed by atoms with Crippen molar-refractivity contribution in [1.29, 1.82) is 0 Å². The molecule has 0 N–H and O–H groups in total. The number of hydrogen-bond acceptors (Lipinski definition) is 0. The highest BCUT2D eigenvalue weighted by Crippen LogP contribution is 2.26. The van der Waals surface area contributed by atoms with E-state index in [1.807, 2.05) is 0 Å². The molecule has 1 aliphatic rings. The Balaban J connectivity index is 2.21. The molecule has 96 valence electrons. The number of hydrogen-bond donors (Lipinski definition) is 0. The highest BCUT2D eigenvalue weighted by Gasteiger charge is 2.10. The van der Waals surface area contributed by atoms with Crippen LogP contribution in [0, 0.1) is 11.8 Å². The lowest BCUT2D eigenvalue weighted by molar-refractivity contribution is 0.419. The summed E-state index contributed by atoms with van der Waals surface area (Å²) in [5, 5.41) is 0. The molecule has 0 aliphatic heterocycles. The van der Waals surface area contributed by atoms with Gasteiger partial charge in [-0.1, -0.05) is 63.4 Å². The van der Waals surface area contributed by atoms with E-state index in [1.165, 1.54) is 43.2 Å². The third-order valence-corrected chi connectivity index (χ3v) is 3.79. The summed E-state index contributed by atoms with van der Waals surface area (Å²) in [6, 6.07) is 10.7. The molecule has 1 fully saturated rings. The number of benzene rings is 1. The largest absolute Gasteiger partial charge is 0.121 e. The average Bonchev–Trinajstić information content (AvgIpc) is 2.41. The first-order valence-electron chi connectivity index (χ1n) is 7.29. The summed E-state index contributed by atoms with van der Waals surface area (Å²) in [6.07, 6.45) is 9.25. The molecule has 18 heavy (non-hydrogen) atoms. The third kappa shape index (κ3) is 3.62. The third-order valence-electron chi connectivity index (χ3n) is 3.79. The van der Waals surface area contributed by atoms with E-state index < -0.39 is 0 Å². The van der Waals surface area contributed by atoms with Crippen molar-refractivity contribution in [1.82, 2.24) is 0 Å². The molecule has 1 aromatic rings. The average molecular weight is 240 g/mol. The predicted molar refractivity (Wildman–Crippen MR) is 79.3 cm³/mol. The molecule has 0 radical (unpaired) electrons. The van der Waals surface area contributed by atoms with E-state index in [9.17, 15) is 0 Å². The van der Waals surface area contributed by atoms with Gasteiger partial charge in [-0.2, -0.15) is 0 Å². The van der Waals surface area contributed by atoms with Crippen LogP contribution in [0.4, 0.5) is 0 Å². The molecule has 0 saturated heterocycles. The molecule has 1 saturated carbocycles. The first-order valence-corrected chi connectivity index (χ1v) is 7.29. The second-order valence-electron chi connectivity index (χ2n) is 5.64. The van der Waals surface area contributed by atoms with Crippen LogP contribution in [0.2, 0.25) is 0 Å². The van der Waals surface area contributed by atoms with E-state index in [4.69, 9.17) is 0 Å². The van der Waals surface area contributed by atoms with Crippen molar-refractivity contribution in [2.75, 3.05) is 0 Å². The summed E-state index contributed by atoms with van der Waals surface area (Å²) in [6.45, 7) is 4.51. The lowest BCUT2D eigenvalue weighted by Crippen LogP contribution is -2.02. The van der Waals surface area contributed by atoms with Crippen LogP contribution in [0.1, 0.15) is 51.5 Å². The SMILES string of the molecule is CC(C)C(=C=CC1CCCCC1)c1ccccc1. The molecule has 0 nitrogen and oxygen atoms in total. The molecular weight excluding hydrogens is 216 g/mol. The Hall–Kier alpha value is -1.26. The molecule has 0 amide bonds. The minimum atomic E-state index is 0.534. The van der Waals surface area contributed by atoms with Gasteiger partial charge in [0.25, 0.3) is 0 Å². The van der Waals surface area contributed by atoms with Crippen LogP contribution in [0.3, 0.4) is 0 Å². The van der Waals surface area contributed by atoms with Gasteiger partial charge in [0.1, 0.15) is 0 Å². The Morgan fingerprint density at radius 3 is 2.39 bits per heavy atom. The summed E-state index contributed by atoms with van der Waals surface area (Å²) >= 11 is 0. The van der Waals surface area contributed by atoms with Gasteiger partial charge in [-0.05, 0) is 36.3 Å². The highest BCUT2D eigenvalue weighted by molar-refractivity contribution is 5.66. The lowest BCUT2D eigenvalue weighted by atomic mass is 9.88. The van der Waals surface area contributed by atoms with Crippen molar-refractivity contribution in [2.24, 2.45) is 11.8 Å². The lowest BCUT2D eigenvalue weighted by Gasteiger charge is -2.17. The zero-order chi connectivity index (χ0) is 12.8. The quantitative estimate of drug-likeness (QED) is 0.615. The van der Waals surface area contributed by atoms with Crippen LogP contribution in [0.15, 0.2) is 42.1 Å². The second kappa shape index (κ2) is 6.61. The summed E-state index contributed by atoms with van der Waals surface area (Å²) in [4.78, 5) is 0. The smallest absolute Gasteiger partial charge is 0.00342 e. The Bertz CT molecular complexity index is 413. The Kier molecular flexibility index (Phi) is 4.84. The molecular formula is C18H24. The van der Waals surface area contributed by atoms with Crippen LogP contribution < -0.4 is 0 Å². The van der Waals surface area contributed by atoms with Crippen molar-refractivity contribution < 1.29 is 0 Å². The zero-order valence-corrected chi connectivity index (χ0v) is 11.7. The van der Waals surface area contributed by atoms with Crippen molar-refractivity contribution in [2.45, 2.75) is 46.0 Å². The minimum absolute atomic E-state index is 0.534. The van der Waals surface area contributed by atoms with Crippen LogP contribution in [0.5, 0.6) is 0 Å². The Labute approximate surface area is 111 Å².